The van der Waals surface area contributed by atoms with E-state index in [1.807, 2.05) is 40.8 Å². The topological polar surface area (TPSA) is 111 Å². The third-order valence-corrected chi connectivity index (χ3v) is 9.30. The second kappa shape index (κ2) is 10.3. The van der Waals surface area contributed by atoms with E-state index in [0.717, 1.165) is 35.7 Å². The van der Waals surface area contributed by atoms with Gasteiger partial charge in [0.25, 0.3) is 0 Å². The molecular formula is C26H33N5O5S. The molecule has 37 heavy (non-hydrogen) atoms. The standard InChI is InChI=1S/C26H33N5O5S/c1-4-35-23-8-6-20(7-9-23)24-16-22-17-29(12-5-13-31(22)27-24)26(32)21-10-14-30(15-11-21)37(33,34)25-18(2)28-36-19(25)3/h6-9,16,21H,4-5,10-15,17H2,1-3H3. The molecule has 0 spiro atoms. The second-order valence-electron chi connectivity index (χ2n) is 9.65. The van der Waals surface area contributed by atoms with Crippen LogP contribution < -0.4 is 4.74 Å². The number of nitrogens with zero attached hydrogens (tertiary/aromatic N) is 5. The third-order valence-electron chi connectivity index (χ3n) is 7.16. The van der Waals surface area contributed by atoms with Crippen LogP contribution in [0.5, 0.6) is 5.75 Å². The highest BCUT2D eigenvalue weighted by Gasteiger charge is 2.37. The number of rotatable bonds is 6. The summed E-state index contributed by atoms with van der Waals surface area (Å²) in [6, 6.07) is 9.94. The predicted octanol–water partition coefficient (Wildman–Crippen LogP) is 3.39. The summed E-state index contributed by atoms with van der Waals surface area (Å²) in [6.45, 7) is 8.34. The number of hydrogen-bond donors (Lipinski definition) is 0. The van der Waals surface area contributed by atoms with Crippen LogP contribution in [0.1, 0.15) is 43.3 Å². The number of aryl methyl sites for hydroxylation is 3. The van der Waals surface area contributed by atoms with Gasteiger partial charge in [-0.3, -0.25) is 9.48 Å². The van der Waals surface area contributed by atoms with Crippen LogP contribution >= 0.6 is 0 Å². The van der Waals surface area contributed by atoms with Crippen LogP contribution in [0.3, 0.4) is 0 Å². The molecule has 2 aromatic heterocycles. The van der Waals surface area contributed by atoms with Crippen LogP contribution in [-0.4, -0.2) is 64.7 Å². The maximum atomic E-state index is 13.5. The highest BCUT2D eigenvalue weighted by atomic mass is 32.2. The summed E-state index contributed by atoms with van der Waals surface area (Å²) in [5.74, 6) is 1.01. The van der Waals surface area contributed by atoms with Crippen molar-refractivity contribution in [1.82, 2.24) is 24.1 Å². The van der Waals surface area contributed by atoms with Crippen LogP contribution in [0.15, 0.2) is 39.8 Å². The van der Waals surface area contributed by atoms with E-state index in [-0.39, 0.29) is 16.7 Å². The zero-order valence-electron chi connectivity index (χ0n) is 21.5. The zero-order chi connectivity index (χ0) is 26.2. The summed E-state index contributed by atoms with van der Waals surface area (Å²) < 4.78 is 40.3. The van der Waals surface area contributed by atoms with Crippen molar-refractivity contribution in [2.24, 2.45) is 5.92 Å². The SMILES string of the molecule is CCOc1ccc(-c2cc3n(n2)CCCN(C(=O)C2CCN(S(=O)(=O)c4c(C)noc4C)CC2)C3)cc1. The first-order valence-corrected chi connectivity index (χ1v) is 14.2. The Hall–Kier alpha value is -3.18. The maximum absolute atomic E-state index is 13.5. The zero-order valence-corrected chi connectivity index (χ0v) is 22.3. The van der Waals surface area contributed by atoms with Crippen LogP contribution in [0.4, 0.5) is 0 Å². The van der Waals surface area contributed by atoms with Crippen LogP contribution in [0, 0.1) is 19.8 Å². The molecule has 3 aromatic rings. The Kier molecular flexibility index (Phi) is 7.09. The molecule has 0 radical (unpaired) electrons. The molecule has 0 unspecified atom stereocenters. The van der Waals surface area contributed by atoms with Crippen molar-refractivity contribution < 1.29 is 22.5 Å². The van der Waals surface area contributed by atoms with E-state index in [9.17, 15) is 13.2 Å². The van der Waals surface area contributed by atoms with Gasteiger partial charge >= 0.3 is 0 Å². The van der Waals surface area contributed by atoms with E-state index in [1.165, 1.54) is 4.31 Å². The molecule has 4 heterocycles. The minimum Gasteiger partial charge on any atom is -0.494 e. The molecule has 198 valence electrons. The molecule has 0 bridgehead atoms. The Morgan fingerprint density at radius 2 is 1.84 bits per heavy atom. The fourth-order valence-corrected chi connectivity index (χ4v) is 7.01. The number of hydrogen-bond acceptors (Lipinski definition) is 7. The summed E-state index contributed by atoms with van der Waals surface area (Å²) >= 11 is 0. The van der Waals surface area contributed by atoms with Gasteiger partial charge in [-0.15, -0.1) is 0 Å². The van der Waals surface area contributed by atoms with Gasteiger partial charge in [0.1, 0.15) is 16.3 Å². The molecule has 1 aromatic carbocycles. The highest BCUT2D eigenvalue weighted by Crippen LogP contribution is 2.30. The van der Waals surface area contributed by atoms with Crippen LogP contribution in [-0.2, 0) is 27.9 Å². The van der Waals surface area contributed by atoms with E-state index < -0.39 is 10.0 Å². The fourth-order valence-electron chi connectivity index (χ4n) is 5.25. The minimum atomic E-state index is -3.70. The lowest BCUT2D eigenvalue weighted by Gasteiger charge is -2.33. The molecule has 2 aliphatic rings. The Balaban J connectivity index is 1.24. The predicted molar refractivity (Wildman–Crippen MR) is 136 cm³/mol. The normalized spacial score (nSPS) is 17.4. The number of sulfonamides is 1. The summed E-state index contributed by atoms with van der Waals surface area (Å²) in [4.78, 5) is 15.5. The lowest BCUT2D eigenvalue weighted by Crippen LogP contribution is -2.44. The van der Waals surface area contributed by atoms with Gasteiger partial charge < -0.3 is 14.2 Å². The number of ether oxygens (including phenoxy) is 1. The summed E-state index contributed by atoms with van der Waals surface area (Å²) in [7, 11) is -3.70. The molecule has 1 fully saturated rings. The summed E-state index contributed by atoms with van der Waals surface area (Å²) in [5, 5.41) is 8.58. The Labute approximate surface area is 217 Å². The Morgan fingerprint density at radius 1 is 1.11 bits per heavy atom. The minimum absolute atomic E-state index is 0.0895. The Morgan fingerprint density at radius 3 is 2.49 bits per heavy atom. The molecule has 11 heteroatoms. The second-order valence-corrected chi connectivity index (χ2v) is 11.5. The van der Waals surface area contributed by atoms with Crippen molar-refractivity contribution in [1.29, 1.82) is 0 Å². The number of carbonyl (C=O) groups excluding carboxylic acids is 1. The fraction of sp³-hybridized carbons (Fsp3) is 0.500. The van der Waals surface area contributed by atoms with E-state index >= 15 is 0 Å². The average molecular weight is 528 g/mol. The van der Waals surface area contributed by atoms with E-state index in [1.54, 1.807) is 13.8 Å². The molecular weight excluding hydrogens is 494 g/mol. The first-order valence-electron chi connectivity index (χ1n) is 12.8. The lowest BCUT2D eigenvalue weighted by atomic mass is 9.96. The van der Waals surface area contributed by atoms with Gasteiger partial charge in [-0.1, -0.05) is 5.16 Å². The summed E-state index contributed by atoms with van der Waals surface area (Å²) in [6.07, 6.45) is 1.81. The molecule has 10 nitrogen and oxygen atoms in total. The van der Waals surface area contributed by atoms with Gasteiger partial charge in [-0.05, 0) is 70.4 Å². The first-order chi connectivity index (χ1) is 17.8. The van der Waals surface area contributed by atoms with E-state index in [2.05, 4.69) is 11.2 Å². The smallest absolute Gasteiger partial charge is 0.248 e. The van der Waals surface area contributed by atoms with E-state index in [4.69, 9.17) is 14.4 Å². The quantitative estimate of drug-likeness (QED) is 0.483. The van der Waals surface area contributed by atoms with Crippen LogP contribution in [0.2, 0.25) is 0 Å². The Bertz CT molecular complexity index is 1350. The number of fused-ring (bicyclic) bond motifs is 1. The van der Waals surface area contributed by atoms with Gasteiger partial charge in [0.15, 0.2) is 5.76 Å². The van der Waals surface area contributed by atoms with Crippen molar-refractivity contribution >= 4 is 15.9 Å². The van der Waals surface area contributed by atoms with Gasteiger partial charge in [0, 0.05) is 37.7 Å². The van der Waals surface area contributed by atoms with Crippen LogP contribution in [0.25, 0.3) is 11.3 Å². The monoisotopic (exact) mass is 527 g/mol. The molecule has 0 saturated carbocycles. The molecule has 2 aliphatic heterocycles. The van der Waals surface area contributed by atoms with Crippen molar-refractivity contribution in [3.05, 3.63) is 47.5 Å². The van der Waals surface area contributed by atoms with Crippen molar-refractivity contribution in [2.75, 3.05) is 26.2 Å². The molecule has 1 saturated heterocycles. The molecule has 5 rings (SSSR count). The van der Waals surface area contributed by atoms with Gasteiger partial charge in [-0.25, -0.2) is 8.42 Å². The summed E-state index contributed by atoms with van der Waals surface area (Å²) in [5.41, 5.74) is 3.26. The number of piperidine rings is 1. The van der Waals surface area contributed by atoms with Gasteiger partial charge in [0.2, 0.25) is 15.9 Å². The van der Waals surface area contributed by atoms with E-state index in [0.29, 0.717) is 57.1 Å². The van der Waals surface area contributed by atoms with Crippen molar-refractivity contribution in [3.8, 4) is 17.0 Å². The third kappa shape index (κ3) is 5.02. The van der Waals surface area contributed by atoms with Gasteiger partial charge in [-0.2, -0.15) is 9.40 Å². The number of amides is 1. The lowest BCUT2D eigenvalue weighted by molar-refractivity contribution is -0.137. The number of aromatic nitrogens is 3. The largest absolute Gasteiger partial charge is 0.494 e. The number of benzene rings is 1. The molecule has 1 amide bonds. The molecule has 0 N–H and O–H groups in total. The van der Waals surface area contributed by atoms with Crippen molar-refractivity contribution in [3.63, 3.8) is 0 Å². The molecule has 0 atom stereocenters. The average Bonchev–Trinajstić information content (AvgIpc) is 3.39. The first kappa shape index (κ1) is 25.5. The van der Waals surface area contributed by atoms with Gasteiger partial charge in [0.05, 0.1) is 24.5 Å². The maximum Gasteiger partial charge on any atom is 0.248 e. The molecule has 0 aliphatic carbocycles. The van der Waals surface area contributed by atoms with Crippen molar-refractivity contribution in [2.45, 2.75) is 58.0 Å². The number of carbonyl (C=O) groups is 1. The highest BCUT2D eigenvalue weighted by molar-refractivity contribution is 7.89.